The maximum Gasteiger partial charge on any atom is 0.241 e. The van der Waals surface area contributed by atoms with Gasteiger partial charge in [-0.3, -0.25) is 4.90 Å². The maximum atomic E-state index is 5.36. The molecule has 1 aliphatic rings. The van der Waals surface area contributed by atoms with Gasteiger partial charge in [0, 0.05) is 31.7 Å². The Balaban J connectivity index is 1.75. The normalized spacial score (nSPS) is 15.7. The van der Waals surface area contributed by atoms with Crippen molar-refractivity contribution in [3.8, 4) is 22.9 Å². The number of nitrogens with one attached hydrogen (secondary N) is 1. The van der Waals surface area contributed by atoms with Crippen LogP contribution in [-0.2, 0) is 6.54 Å². The van der Waals surface area contributed by atoms with Crippen LogP contribution in [0.2, 0.25) is 0 Å². The summed E-state index contributed by atoms with van der Waals surface area (Å²) < 4.78 is 15.9. The Kier molecular flexibility index (Phi) is 4.55. The SMILES string of the molecule is COc1ccc(-c2noc(CN3CCNCC3)n2)cc1OC. The van der Waals surface area contributed by atoms with Crippen molar-refractivity contribution >= 4 is 0 Å². The second-order valence-corrected chi connectivity index (χ2v) is 5.11. The summed E-state index contributed by atoms with van der Waals surface area (Å²) in [7, 11) is 3.21. The third-order valence-electron chi connectivity index (χ3n) is 3.68. The third kappa shape index (κ3) is 3.20. The van der Waals surface area contributed by atoms with Crippen molar-refractivity contribution in [2.45, 2.75) is 6.54 Å². The van der Waals surface area contributed by atoms with Gasteiger partial charge in [0.1, 0.15) is 0 Å². The molecule has 0 amide bonds. The van der Waals surface area contributed by atoms with Gasteiger partial charge >= 0.3 is 0 Å². The number of hydrogen-bond acceptors (Lipinski definition) is 7. The predicted octanol–water partition coefficient (Wildman–Crippen LogP) is 1.16. The number of nitrogens with zero attached hydrogens (tertiary/aromatic N) is 3. The van der Waals surface area contributed by atoms with Gasteiger partial charge in [0.05, 0.1) is 20.8 Å². The van der Waals surface area contributed by atoms with E-state index < -0.39 is 0 Å². The van der Waals surface area contributed by atoms with Crippen LogP contribution in [0.1, 0.15) is 5.89 Å². The first kappa shape index (κ1) is 14.8. The minimum absolute atomic E-state index is 0.561. The van der Waals surface area contributed by atoms with E-state index in [-0.39, 0.29) is 0 Å². The van der Waals surface area contributed by atoms with Crippen LogP contribution in [0.4, 0.5) is 0 Å². The van der Waals surface area contributed by atoms with E-state index in [2.05, 4.69) is 20.4 Å². The Morgan fingerprint density at radius 1 is 1.18 bits per heavy atom. The molecule has 2 aromatic rings. The van der Waals surface area contributed by atoms with E-state index in [0.29, 0.717) is 29.8 Å². The number of ether oxygens (including phenoxy) is 2. The Bertz CT molecular complexity index is 623. The van der Waals surface area contributed by atoms with Gasteiger partial charge in [-0.1, -0.05) is 5.16 Å². The number of piperazine rings is 1. The van der Waals surface area contributed by atoms with Gasteiger partial charge in [-0.05, 0) is 18.2 Å². The molecular formula is C15H20N4O3. The third-order valence-corrected chi connectivity index (χ3v) is 3.68. The molecule has 3 rings (SSSR count). The van der Waals surface area contributed by atoms with Crippen LogP contribution in [0.25, 0.3) is 11.4 Å². The smallest absolute Gasteiger partial charge is 0.241 e. The van der Waals surface area contributed by atoms with Crippen molar-refractivity contribution in [1.82, 2.24) is 20.4 Å². The summed E-state index contributed by atoms with van der Waals surface area (Å²) in [6.45, 7) is 4.66. The predicted molar refractivity (Wildman–Crippen MR) is 81.0 cm³/mol. The van der Waals surface area contributed by atoms with Gasteiger partial charge < -0.3 is 19.3 Å². The van der Waals surface area contributed by atoms with E-state index in [1.165, 1.54) is 0 Å². The second kappa shape index (κ2) is 6.76. The van der Waals surface area contributed by atoms with Crippen LogP contribution in [0, 0.1) is 0 Å². The molecule has 7 heteroatoms. The van der Waals surface area contributed by atoms with Crippen molar-refractivity contribution in [3.05, 3.63) is 24.1 Å². The molecule has 0 spiro atoms. The summed E-state index contributed by atoms with van der Waals surface area (Å²) in [5, 5.41) is 7.38. The lowest BCUT2D eigenvalue weighted by Crippen LogP contribution is -2.42. The highest BCUT2D eigenvalue weighted by atomic mass is 16.5. The summed E-state index contributed by atoms with van der Waals surface area (Å²) >= 11 is 0. The lowest BCUT2D eigenvalue weighted by Gasteiger charge is -2.25. The fourth-order valence-corrected chi connectivity index (χ4v) is 2.47. The fraction of sp³-hybridized carbons (Fsp3) is 0.467. The molecule has 0 aliphatic carbocycles. The van der Waals surface area contributed by atoms with Crippen molar-refractivity contribution in [1.29, 1.82) is 0 Å². The molecule has 1 fully saturated rings. The zero-order chi connectivity index (χ0) is 15.4. The fourth-order valence-electron chi connectivity index (χ4n) is 2.47. The van der Waals surface area contributed by atoms with Crippen LogP contribution < -0.4 is 14.8 Å². The summed E-state index contributed by atoms with van der Waals surface area (Å²) in [4.78, 5) is 6.76. The van der Waals surface area contributed by atoms with Gasteiger partial charge in [0.15, 0.2) is 11.5 Å². The van der Waals surface area contributed by atoms with E-state index in [0.717, 1.165) is 31.7 Å². The highest BCUT2D eigenvalue weighted by Gasteiger charge is 2.16. The molecule has 2 heterocycles. The molecular weight excluding hydrogens is 284 g/mol. The Labute approximate surface area is 129 Å². The first-order valence-corrected chi connectivity index (χ1v) is 7.28. The van der Waals surface area contributed by atoms with Gasteiger partial charge in [-0.2, -0.15) is 4.98 Å². The number of hydrogen-bond donors (Lipinski definition) is 1. The molecule has 7 nitrogen and oxygen atoms in total. The van der Waals surface area contributed by atoms with E-state index in [9.17, 15) is 0 Å². The van der Waals surface area contributed by atoms with E-state index in [1.54, 1.807) is 14.2 Å². The average Bonchev–Trinajstić information content (AvgIpc) is 3.03. The number of methoxy groups -OCH3 is 2. The molecule has 1 saturated heterocycles. The molecule has 22 heavy (non-hydrogen) atoms. The maximum absolute atomic E-state index is 5.36. The Morgan fingerprint density at radius 2 is 1.95 bits per heavy atom. The zero-order valence-electron chi connectivity index (χ0n) is 12.8. The molecule has 0 unspecified atom stereocenters. The lowest BCUT2D eigenvalue weighted by molar-refractivity contribution is 0.203. The van der Waals surface area contributed by atoms with Crippen LogP contribution in [0.15, 0.2) is 22.7 Å². The van der Waals surface area contributed by atoms with Crippen molar-refractivity contribution in [3.63, 3.8) is 0 Å². The lowest BCUT2D eigenvalue weighted by atomic mass is 10.2. The van der Waals surface area contributed by atoms with Gasteiger partial charge in [-0.25, -0.2) is 0 Å². The van der Waals surface area contributed by atoms with Crippen LogP contribution in [0.5, 0.6) is 11.5 Å². The van der Waals surface area contributed by atoms with Crippen molar-refractivity contribution in [2.75, 3.05) is 40.4 Å². The minimum Gasteiger partial charge on any atom is -0.493 e. The Hall–Kier alpha value is -2.12. The summed E-state index contributed by atoms with van der Waals surface area (Å²) in [5.74, 6) is 2.52. The number of aromatic nitrogens is 2. The molecule has 0 saturated carbocycles. The van der Waals surface area contributed by atoms with Crippen molar-refractivity contribution in [2.24, 2.45) is 0 Å². The molecule has 1 aromatic heterocycles. The van der Waals surface area contributed by atoms with E-state index in [1.807, 2.05) is 18.2 Å². The molecule has 1 N–H and O–H groups in total. The van der Waals surface area contributed by atoms with Crippen LogP contribution >= 0.6 is 0 Å². The second-order valence-electron chi connectivity index (χ2n) is 5.11. The van der Waals surface area contributed by atoms with Crippen LogP contribution in [0.3, 0.4) is 0 Å². The highest BCUT2D eigenvalue weighted by Crippen LogP contribution is 2.31. The highest BCUT2D eigenvalue weighted by molar-refractivity contribution is 5.60. The molecule has 1 aliphatic heterocycles. The summed E-state index contributed by atoms with van der Waals surface area (Å²) in [5.41, 5.74) is 0.841. The number of rotatable bonds is 5. The summed E-state index contributed by atoms with van der Waals surface area (Å²) in [6.07, 6.45) is 0. The first-order chi connectivity index (χ1) is 10.8. The van der Waals surface area contributed by atoms with E-state index in [4.69, 9.17) is 14.0 Å². The monoisotopic (exact) mass is 304 g/mol. The molecule has 1 aromatic carbocycles. The van der Waals surface area contributed by atoms with Crippen LogP contribution in [-0.4, -0.2) is 55.4 Å². The van der Waals surface area contributed by atoms with Gasteiger partial charge in [-0.15, -0.1) is 0 Å². The van der Waals surface area contributed by atoms with E-state index >= 15 is 0 Å². The molecule has 118 valence electrons. The van der Waals surface area contributed by atoms with Crippen molar-refractivity contribution < 1.29 is 14.0 Å². The number of benzene rings is 1. The molecule has 0 atom stereocenters. The standard InChI is InChI=1S/C15H20N4O3/c1-20-12-4-3-11(9-13(12)21-2)15-17-14(22-18-15)10-19-7-5-16-6-8-19/h3-4,9,16H,5-8,10H2,1-2H3. The zero-order valence-corrected chi connectivity index (χ0v) is 12.8. The summed E-state index contributed by atoms with van der Waals surface area (Å²) in [6, 6.07) is 5.57. The van der Waals surface area contributed by atoms with Gasteiger partial charge in [0.2, 0.25) is 11.7 Å². The first-order valence-electron chi connectivity index (χ1n) is 7.28. The molecule has 0 radical (unpaired) electrons. The largest absolute Gasteiger partial charge is 0.493 e. The Morgan fingerprint density at radius 3 is 2.68 bits per heavy atom. The topological polar surface area (TPSA) is 72.7 Å². The van der Waals surface area contributed by atoms with Gasteiger partial charge in [0.25, 0.3) is 0 Å². The minimum atomic E-state index is 0.561. The average molecular weight is 304 g/mol. The quantitative estimate of drug-likeness (QED) is 0.888. The molecule has 0 bridgehead atoms.